The molecule has 0 bridgehead atoms. The van der Waals surface area contributed by atoms with E-state index >= 15 is 0 Å². The number of hydrogen-bond acceptors (Lipinski definition) is 4. The van der Waals surface area contributed by atoms with Crippen LogP contribution in [0.2, 0.25) is 0 Å². The molecule has 0 N–H and O–H groups in total. The van der Waals surface area contributed by atoms with Gasteiger partial charge in [0.2, 0.25) is 0 Å². The van der Waals surface area contributed by atoms with Crippen molar-refractivity contribution in [3.63, 3.8) is 0 Å². The van der Waals surface area contributed by atoms with E-state index in [-0.39, 0.29) is 0 Å². The van der Waals surface area contributed by atoms with E-state index in [2.05, 4.69) is 199 Å². The summed E-state index contributed by atoms with van der Waals surface area (Å²) < 4.78 is 13.7. The highest BCUT2D eigenvalue weighted by Crippen LogP contribution is 2.62. The number of aromatic nitrogens is 2. The summed E-state index contributed by atoms with van der Waals surface area (Å²) in [5.74, 6) is 2.81. The van der Waals surface area contributed by atoms with Gasteiger partial charge in [-0.05, 0) is 98.6 Å². The zero-order chi connectivity index (χ0) is 41.7. The predicted molar refractivity (Wildman–Crippen MR) is 253 cm³/mol. The molecule has 63 heavy (non-hydrogen) atoms. The van der Waals surface area contributed by atoms with E-state index in [1.165, 1.54) is 22.3 Å². The van der Waals surface area contributed by atoms with E-state index < -0.39 is 5.41 Å². The lowest BCUT2D eigenvalue weighted by atomic mass is 9.68. The molecule has 0 saturated carbocycles. The minimum Gasteiger partial charge on any atom is -0.449 e. The van der Waals surface area contributed by atoms with Crippen LogP contribution < -0.4 is 9.47 Å². The van der Waals surface area contributed by atoms with Crippen molar-refractivity contribution in [3.05, 3.63) is 253 Å². The van der Waals surface area contributed by atoms with Crippen molar-refractivity contribution < 1.29 is 9.47 Å². The molecule has 4 heteroatoms. The molecule has 0 saturated heterocycles. The SMILES string of the molecule is c1ccc(-c2cc(-c3ccc(-c4ccc5c(c4)Oc4c(ccc6c4-c4ccccc4C6(c4ccccc4)c4ccccc4)O5)cc3)nc(-c3cccc(-c4ccccn4)c3)c2)cc1. The quantitative estimate of drug-likeness (QED) is 0.161. The van der Waals surface area contributed by atoms with E-state index in [4.69, 9.17) is 14.5 Å². The van der Waals surface area contributed by atoms with Crippen LogP contribution in [-0.4, -0.2) is 9.97 Å². The molecule has 296 valence electrons. The van der Waals surface area contributed by atoms with Gasteiger partial charge in [0.05, 0.1) is 22.5 Å². The van der Waals surface area contributed by atoms with Crippen LogP contribution in [0.4, 0.5) is 0 Å². The normalized spacial score (nSPS) is 12.8. The highest BCUT2D eigenvalue weighted by atomic mass is 16.6. The summed E-state index contributed by atoms with van der Waals surface area (Å²) in [5, 5.41) is 0. The fraction of sp³-hybridized carbons (Fsp3) is 0.0169. The summed E-state index contributed by atoms with van der Waals surface area (Å²) in [6.45, 7) is 0. The van der Waals surface area contributed by atoms with E-state index in [0.717, 1.165) is 72.9 Å². The van der Waals surface area contributed by atoms with Crippen molar-refractivity contribution in [1.82, 2.24) is 9.97 Å². The monoisotopic (exact) mass is 806 g/mol. The summed E-state index contributed by atoms with van der Waals surface area (Å²) in [6, 6.07) is 78.8. The first kappa shape index (κ1) is 36.5. The van der Waals surface area contributed by atoms with Gasteiger partial charge < -0.3 is 9.47 Å². The zero-order valence-electron chi connectivity index (χ0n) is 34.2. The molecule has 10 aromatic rings. The molecule has 0 amide bonds. The molecule has 0 spiro atoms. The van der Waals surface area contributed by atoms with Gasteiger partial charge in [-0.3, -0.25) is 4.98 Å². The lowest BCUT2D eigenvalue weighted by Gasteiger charge is -2.34. The Morgan fingerprint density at radius 3 is 1.65 bits per heavy atom. The highest BCUT2D eigenvalue weighted by Gasteiger charge is 2.48. The molecular weight excluding hydrogens is 769 g/mol. The largest absolute Gasteiger partial charge is 0.449 e. The number of rotatable bonds is 7. The Hall–Kier alpha value is -8.34. The lowest BCUT2D eigenvalue weighted by molar-refractivity contribution is 0.360. The van der Waals surface area contributed by atoms with Crippen LogP contribution >= 0.6 is 0 Å². The molecule has 1 aliphatic carbocycles. The summed E-state index contributed by atoms with van der Waals surface area (Å²) in [4.78, 5) is 9.85. The summed E-state index contributed by atoms with van der Waals surface area (Å²) in [5.41, 5.74) is 16.7. The van der Waals surface area contributed by atoms with Crippen LogP contribution in [0.25, 0.3) is 67.2 Å². The van der Waals surface area contributed by atoms with Crippen LogP contribution in [0, 0.1) is 0 Å². The fourth-order valence-electron chi connectivity index (χ4n) is 9.57. The fourth-order valence-corrected chi connectivity index (χ4v) is 9.57. The van der Waals surface area contributed by atoms with Gasteiger partial charge in [-0.1, -0.05) is 176 Å². The third-order valence-corrected chi connectivity index (χ3v) is 12.5. The van der Waals surface area contributed by atoms with Gasteiger partial charge in [-0.25, -0.2) is 4.98 Å². The molecule has 0 radical (unpaired) electrons. The minimum atomic E-state index is -0.531. The number of pyridine rings is 2. The number of benzene rings is 8. The van der Waals surface area contributed by atoms with Crippen molar-refractivity contribution >= 4 is 0 Å². The van der Waals surface area contributed by atoms with Crippen LogP contribution in [-0.2, 0) is 5.41 Å². The van der Waals surface area contributed by atoms with E-state index in [1.807, 2.05) is 36.5 Å². The second kappa shape index (κ2) is 15.0. The molecule has 2 aromatic heterocycles. The maximum atomic E-state index is 7.01. The second-order valence-corrected chi connectivity index (χ2v) is 16.1. The summed E-state index contributed by atoms with van der Waals surface area (Å²) in [7, 11) is 0. The van der Waals surface area contributed by atoms with Gasteiger partial charge in [0.15, 0.2) is 23.0 Å². The highest BCUT2D eigenvalue weighted by molar-refractivity contribution is 5.92. The zero-order valence-corrected chi connectivity index (χ0v) is 34.2. The topological polar surface area (TPSA) is 44.2 Å². The van der Waals surface area contributed by atoms with E-state index in [1.54, 1.807) is 0 Å². The molecule has 4 nitrogen and oxygen atoms in total. The molecule has 2 aliphatic rings. The molecule has 0 unspecified atom stereocenters. The van der Waals surface area contributed by atoms with Gasteiger partial charge in [0, 0.05) is 28.5 Å². The number of nitrogens with zero attached hydrogens (tertiary/aromatic N) is 2. The van der Waals surface area contributed by atoms with Crippen molar-refractivity contribution in [2.75, 3.05) is 0 Å². The second-order valence-electron chi connectivity index (χ2n) is 16.1. The molecule has 12 rings (SSSR count). The average molecular weight is 807 g/mol. The van der Waals surface area contributed by atoms with Crippen LogP contribution in [0.15, 0.2) is 231 Å². The number of fused-ring (bicyclic) bond motifs is 6. The minimum absolute atomic E-state index is 0.531. The van der Waals surface area contributed by atoms with Crippen molar-refractivity contribution in [3.8, 4) is 90.2 Å². The molecule has 1 aliphatic heterocycles. The third kappa shape index (κ3) is 6.14. The predicted octanol–water partition coefficient (Wildman–Crippen LogP) is 15.1. The van der Waals surface area contributed by atoms with E-state index in [0.29, 0.717) is 17.2 Å². The molecular formula is C59H38N2O2. The first-order valence-corrected chi connectivity index (χ1v) is 21.3. The van der Waals surface area contributed by atoms with Crippen LogP contribution in [0.1, 0.15) is 22.3 Å². The summed E-state index contributed by atoms with van der Waals surface area (Å²) in [6.07, 6.45) is 1.83. The third-order valence-electron chi connectivity index (χ3n) is 12.5. The lowest BCUT2D eigenvalue weighted by Crippen LogP contribution is -2.28. The molecule has 0 fully saturated rings. The van der Waals surface area contributed by atoms with Crippen LogP contribution in [0.5, 0.6) is 23.0 Å². The smallest absolute Gasteiger partial charge is 0.178 e. The Morgan fingerprint density at radius 1 is 0.333 bits per heavy atom. The summed E-state index contributed by atoms with van der Waals surface area (Å²) >= 11 is 0. The molecule has 8 aromatic carbocycles. The first-order chi connectivity index (χ1) is 31.2. The van der Waals surface area contributed by atoms with Crippen molar-refractivity contribution in [2.24, 2.45) is 0 Å². The Balaban J connectivity index is 0.910. The van der Waals surface area contributed by atoms with Gasteiger partial charge in [0.1, 0.15) is 0 Å². The standard InChI is InChI=1S/C59H38N2O2/c1-4-15-39(16-5-1)45-36-52(61-53(37-45)44-18-14-17-43(35-44)51-25-12-13-34-60-51)41-28-26-40(27-29-41)42-30-32-54-56(38-42)63-58-55(62-54)33-31-50-57(58)48-23-10-11-24-49(48)59(50,46-19-6-2-7-20-46)47-21-8-3-9-22-47/h1-38H. The van der Waals surface area contributed by atoms with E-state index in [9.17, 15) is 0 Å². The van der Waals surface area contributed by atoms with Gasteiger partial charge in [-0.2, -0.15) is 0 Å². The Kier molecular flexibility index (Phi) is 8.68. The number of ether oxygens (including phenoxy) is 2. The average Bonchev–Trinajstić information content (AvgIpc) is 3.68. The maximum absolute atomic E-state index is 7.01. The van der Waals surface area contributed by atoms with Crippen LogP contribution in [0.3, 0.4) is 0 Å². The maximum Gasteiger partial charge on any atom is 0.178 e. The molecule has 3 heterocycles. The van der Waals surface area contributed by atoms with Crippen molar-refractivity contribution in [2.45, 2.75) is 5.41 Å². The number of hydrogen-bond donors (Lipinski definition) is 0. The van der Waals surface area contributed by atoms with Gasteiger partial charge in [0.25, 0.3) is 0 Å². The first-order valence-electron chi connectivity index (χ1n) is 21.3. The Bertz CT molecular complexity index is 3270. The van der Waals surface area contributed by atoms with Crippen molar-refractivity contribution in [1.29, 1.82) is 0 Å². The molecule has 0 atom stereocenters. The van der Waals surface area contributed by atoms with Gasteiger partial charge >= 0.3 is 0 Å². The Morgan fingerprint density at radius 2 is 0.921 bits per heavy atom. The Labute approximate surface area is 366 Å². The van der Waals surface area contributed by atoms with Gasteiger partial charge in [-0.15, -0.1) is 0 Å².